The van der Waals surface area contributed by atoms with Crippen LogP contribution in [-0.4, -0.2) is 55.5 Å². The molecule has 0 bridgehead atoms. The van der Waals surface area contributed by atoms with Crippen molar-refractivity contribution in [3.8, 4) is 0 Å². The van der Waals surface area contributed by atoms with Gasteiger partial charge in [0.2, 0.25) is 0 Å². The van der Waals surface area contributed by atoms with E-state index in [4.69, 9.17) is 9.47 Å². The van der Waals surface area contributed by atoms with E-state index in [0.717, 1.165) is 6.42 Å². The average molecular weight is 297 g/mol. The van der Waals surface area contributed by atoms with Gasteiger partial charge in [0.25, 0.3) is 0 Å². The molecule has 1 aromatic rings. The van der Waals surface area contributed by atoms with E-state index in [1.54, 1.807) is 11.9 Å². The summed E-state index contributed by atoms with van der Waals surface area (Å²) in [5, 5.41) is 11.7. The summed E-state index contributed by atoms with van der Waals surface area (Å²) in [5.74, 6) is 0.537. The Labute approximate surface area is 124 Å². The summed E-state index contributed by atoms with van der Waals surface area (Å²) >= 11 is 0. The molecule has 8 heteroatoms. The molecule has 2 rings (SSSR count). The summed E-state index contributed by atoms with van der Waals surface area (Å²) < 4.78 is 11.2. The highest BCUT2D eigenvalue weighted by Gasteiger charge is 2.38. The van der Waals surface area contributed by atoms with E-state index in [-0.39, 0.29) is 12.7 Å². The molecule has 0 N–H and O–H groups in total. The molecule has 8 nitrogen and oxygen atoms in total. The van der Waals surface area contributed by atoms with Gasteiger partial charge in [-0.3, -0.25) is 0 Å². The quantitative estimate of drug-likeness (QED) is 0.831. The number of likely N-dealkylation sites (tertiary alicyclic amines) is 1. The lowest BCUT2D eigenvalue weighted by molar-refractivity contribution is -0.0400. The Hall–Kier alpha value is -1.70. The number of amides is 1. The van der Waals surface area contributed by atoms with Gasteiger partial charge in [-0.05, 0) is 39.3 Å². The zero-order valence-corrected chi connectivity index (χ0v) is 13.3. The van der Waals surface area contributed by atoms with Gasteiger partial charge in [0, 0.05) is 6.54 Å². The predicted octanol–water partition coefficient (Wildman–Crippen LogP) is 1.13. The molecule has 0 aromatic carbocycles. The van der Waals surface area contributed by atoms with Crippen LogP contribution < -0.4 is 0 Å². The maximum Gasteiger partial charge on any atom is 0.410 e. The van der Waals surface area contributed by atoms with Crippen molar-refractivity contribution in [1.29, 1.82) is 0 Å². The molecule has 0 radical (unpaired) electrons. The third-order valence-electron chi connectivity index (χ3n) is 3.19. The molecule has 1 aliphatic rings. The highest BCUT2D eigenvalue weighted by Crippen LogP contribution is 2.27. The lowest BCUT2D eigenvalue weighted by atomic mass is 10.1. The van der Waals surface area contributed by atoms with Crippen molar-refractivity contribution in [2.45, 2.75) is 51.9 Å². The normalized spacial score (nSPS) is 22.6. The van der Waals surface area contributed by atoms with Crippen molar-refractivity contribution in [3.63, 3.8) is 0 Å². The van der Waals surface area contributed by atoms with Crippen molar-refractivity contribution in [3.05, 3.63) is 5.82 Å². The van der Waals surface area contributed by atoms with E-state index in [2.05, 4.69) is 15.4 Å². The summed E-state index contributed by atoms with van der Waals surface area (Å²) in [5.41, 5.74) is -0.892. The lowest BCUT2D eigenvalue weighted by Gasteiger charge is -2.27. The van der Waals surface area contributed by atoms with Crippen LogP contribution in [0.4, 0.5) is 4.79 Å². The predicted molar refractivity (Wildman–Crippen MR) is 74.4 cm³/mol. The zero-order chi connectivity index (χ0) is 15.7. The number of tetrazole rings is 1. The van der Waals surface area contributed by atoms with E-state index >= 15 is 0 Å². The molecule has 0 aliphatic carbocycles. The minimum atomic E-state index is -0.486. The second kappa shape index (κ2) is 5.59. The summed E-state index contributed by atoms with van der Waals surface area (Å²) in [4.78, 5) is 15.1. The van der Waals surface area contributed by atoms with Gasteiger partial charge in [0.15, 0.2) is 5.82 Å². The first-order chi connectivity index (χ1) is 9.67. The van der Waals surface area contributed by atoms with Gasteiger partial charge >= 0.3 is 6.09 Å². The molecule has 0 spiro atoms. The third-order valence-corrected chi connectivity index (χ3v) is 3.19. The lowest BCUT2D eigenvalue weighted by Crippen LogP contribution is -2.39. The second-order valence-electron chi connectivity index (χ2n) is 6.59. The monoisotopic (exact) mass is 297 g/mol. The molecular formula is C13H23N5O3. The van der Waals surface area contributed by atoms with Crippen LogP contribution in [0.25, 0.3) is 0 Å². The fourth-order valence-electron chi connectivity index (χ4n) is 2.15. The van der Waals surface area contributed by atoms with Crippen LogP contribution >= 0.6 is 0 Å². The van der Waals surface area contributed by atoms with Gasteiger partial charge in [-0.1, -0.05) is 0 Å². The van der Waals surface area contributed by atoms with Crippen molar-refractivity contribution < 1.29 is 14.3 Å². The summed E-state index contributed by atoms with van der Waals surface area (Å²) in [7, 11) is 1.71. The molecule has 0 saturated carbocycles. The highest BCUT2D eigenvalue weighted by molar-refractivity contribution is 5.68. The van der Waals surface area contributed by atoms with Crippen LogP contribution in [0, 0.1) is 0 Å². The molecule has 1 atom stereocenters. The van der Waals surface area contributed by atoms with Crippen LogP contribution in [0.2, 0.25) is 0 Å². The van der Waals surface area contributed by atoms with Gasteiger partial charge in [0.1, 0.15) is 12.2 Å². The summed E-state index contributed by atoms with van der Waals surface area (Å²) in [6.07, 6.45) is 0.458. The van der Waals surface area contributed by atoms with Crippen molar-refractivity contribution in [2.24, 2.45) is 7.05 Å². The topological polar surface area (TPSA) is 82.4 Å². The number of rotatable bonds is 3. The van der Waals surface area contributed by atoms with Crippen molar-refractivity contribution >= 4 is 6.09 Å². The first-order valence-electron chi connectivity index (χ1n) is 7.02. The van der Waals surface area contributed by atoms with E-state index < -0.39 is 11.2 Å². The van der Waals surface area contributed by atoms with Crippen LogP contribution in [0.5, 0.6) is 0 Å². The van der Waals surface area contributed by atoms with Crippen LogP contribution in [0.3, 0.4) is 0 Å². The molecule has 1 saturated heterocycles. The standard InChI is InChI=1S/C13H23N5O3/c1-12(2,3)21-11(19)18-7-6-13(4,9-18)20-8-10-14-16-17(5)15-10/h6-9H2,1-5H3. The van der Waals surface area contributed by atoms with Crippen LogP contribution in [-0.2, 0) is 23.1 Å². The van der Waals surface area contributed by atoms with E-state index in [1.165, 1.54) is 4.80 Å². The molecule has 21 heavy (non-hydrogen) atoms. The van der Waals surface area contributed by atoms with Gasteiger partial charge in [-0.15, -0.1) is 10.2 Å². The number of hydrogen-bond donors (Lipinski definition) is 0. The second-order valence-corrected chi connectivity index (χ2v) is 6.59. The molecule has 2 heterocycles. The van der Waals surface area contributed by atoms with Gasteiger partial charge < -0.3 is 14.4 Å². The average Bonchev–Trinajstić information content (AvgIpc) is 2.92. The Morgan fingerprint density at radius 2 is 2.14 bits per heavy atom. The van der Waals surface area contributed by atoms with Gasteiger partial charge in [-0.25, -0.2) is 4.79 Å². The number of ether oxygens (including phenoxy) is 2. The Balaban J connectivity index is 1.86. The number of carbonyl (C=O) groups is 1. The maximum atomic E-state index is 12.0. The Kier molecular flexibility index (Phi) is 4.18. The fraction of sp³-hybridized carbons (Fsp3) is 0.846. The number of carbonyl (C=O) groups excluding carboxylic acids is 1. The molecule has 1 aliphatic heterocycles. The molecule has 1 amide bonds. The van der Waals surface area contributed by atoms with Crippen molar-refractivity contribution in [2.75, 3.05) is 13.1 Å². The number of aromatic nitrogens is 4. The number of aryl methyl sites for hydroxylation is 1. The fourth-order valence-corrected chi connectivity index (χ4v) is 2.15. The van der Waals surface area contributed by atoms with E-state index in [0.29, 0.717) is 18.9 Å². The Morgan fingerprint density at radius 3 is 2.71 bits per heavy atom. The Bertz CT molecular complexity index is 510. The van der Waals surface area contributed by atoms with E-state index in [1.807, 2.05) is 27.7 Å². The van der Waals surface area contributed by atoms with Crippen LogP contribution in [0.15, 0.2) is 0 Å². The molecule has 1 aromatic heterocycles. The summed E-state index contributed by atoms with van der Waals surface area (Å²) in [6, 6.07) is 0. The first-order valence-corrected chi connectivity index (χ1v) is 7.02. The van der Waals surface area contributed by atoms with E-state index in [9.17, 15) is 4.79 Å². The zero-order valence-electron chi connectivity index (χ0n) is 13.3. The largest absolute Gasteiger partial charge is 0.444 e. The smallest absolute Gasteiger partial charge is 0.410 e. The molecular weight excluding hydrogens is 274 g/mol. The number of hydrogen-bond acceptors (Lipinski definition) is 6. The Morgan fingerprint density at radius 1 is 1.43 bits per heavy atom. The van der Waals surface area contributed by atoms with Gasteiger partial charge in [-0.2, -0.15) is 4.80 Å². The van der Waals surface area contributed by atoms with Crippen LogP contribution in [0.1, 0.15) is 39.9 Å². The highest BCUT2D eigenvalue weighted by atomic mass is 16.6. The maximum absolute atomic E-state index is 12.0. The SMILES string of the molecule is Cn1nnc(COC2(C)CCN(C(=O)OC(C)(C)C)C2)n1. The first kappa shape index (κ1) is 15.7. The third kappa shape index (κ3) is 4.38. The van der Waals surface area contributed by atoms with Crippen molar-refractivity contribution in [1.82, 2.24) is 25.1 Å². The molecule has 118 valence electrons. The molecule has 1 unspecified atom stereocenters. The molecule has 1 fully saturated rings. The summed E-state index contributed by atoms with van der Waals surface area (Å²) in [6.45, 7) is 8.96. The minimum absolute atomic E-state index is 0.284. The number of nitrogens with zero attached hydrogens (tertiary/aromatic N) is 5. The minimum Gasteiger partial charge on any atom is -0.444 e. The van der Waals surface area contributed by atoms with Gasteiger partial charge in [0.05, 0.1) is 19.2 Å².